The lowest BCUT2D eigenvalue weighted by atomic mass is 10.0. The second kappa shape index (κ2) is 9.13. The van der Waals surface area contributed by atoms with Crippen molar-refractivity contribution in [3.05, 3.63) is 73.1 Å². The van der Waals surface area contributed by atoms with Crippen molar-refractivity contribution in [2.24, 2.45) is 0 Å². The van der Waals surface area contributed by atoms with Crippen molar-refractivity contribution in [1.82, 2.24) is 0 Å². The van der Waals surface area contributed by atoms with Gasteiger partial charge in [-0.1, -0.05) is 64.1 Å². The van der Waals surface area contributed by atoms with E-state index >= 15 is 0 Å². The van der Waals surface area contributed by atoms with Gasteiger partial charge in [0.05, 0.1) is 10.0 Å². The van der Waals surface area contributed by atoms with Crippen LogP contribution >= 0.6 is 58.0 Å². The zero-order chi connectivity index (χ0) is 20.3. The third-order valence-corrected chi connectivity index (χ3v) is 5.01. The van der Waals surface area contributed by atoms with E-state index in [1.165, 1.54) is 24.3 Å². The van der Waals surface area contributed by atoms with Crippen LogP contribution in [-0.2, 0) is 0 Å². The summed E-state index contributed by atoms with van der Waals surface area (Å²) in [7, 11) is 0. The summed E-state index contributed by atoms with van der Waals surface area (Å²) in [5, 5.41) is 30.2. The van der Waals surface area contributed by atoms with E-state index in [1.54, 1.807) is 25.1 Å². The summed E-state index contributed by atoms with van der Waals surface area (Å²) >= 11 is 29.0. The van der Waals surface area contributed by atoms with Crippen LogP contribution in [0.2, 0.25) is 25.1 Å². The highest BCUT2D eigenvalue weighted by atomic mass is 35.5. The number of aromatic hydroxyl groups is 3. The van der Waals surface area contributed by atoms with E-state index in [9.17, 15) is 10.2 Å². The quantitative estimate of drug-likeness (QED) is 0.344. The average Bonchev–Trinajstić information content (AvgIpc) is 2.60. The average molecular weight is 467 g/mol. The van der Waals surface area contributed by atoms with Crippen LogP contribution in [0.25, 0.3) is 11.1 Å². The van der Waals surface area contributed by atoms with Crippen molar-refractivity contribution in [3.8, 4) is 28.4 Å². The maximum Gasteiger partial charge on any atom is 0.142 e. The Hall–Kier alpha value is -1.49. The van der Waals surface area contributed by atoms with Gasteiger partial charge in [-0.2, -0.15) is 0 Å². The van der Waals surface area contributed by atoms with E-state index in [4.69, 9.17) is 63.1 Å². The van der Waals surface area contributed by atoms with E-state index in [1.807, 2.05) is 0 Å². The third-order valence-electron chi connectivity index (χ3n) is 3.59. The molecule has 142 valence electrons. The summed E-state index contributed by atoms with van der Waals surface area (Å²) in [6.07, 6.45) is 0. The van der Waals surface area contributed by atoms with Crippen LogP contribution in [0.3, 0.4) is 0 Å². The summed E-state index contributed by atoms with van der Waals surface area (Å²) < 4.78 is 0. The SMILES string of the molecule is Cc1c(O)cccc1Cl.Oc1c(Cl)cc(Cl)cc1-c1cc(Cl)cc(Cl)c1O. The van der Waals surface area contributed by atoms with Crippen molar-refractivity contribution in [1.29, 1.82) is 0 Å². The van der Waals surface area contributed by atoms with Gasteiger partial charge in [0.1, 0.15) is 17.2 Å². The molecule has 0 unspecified atom stereocenters. The number of hydrogen-bond acceptors (Lipinski definition) is 3. The largest absolute Gasteiger partial charge is 0.508 e. The number of phenolic OH excluding ortho intramolecular Hbond substituents is 3. The van der Waals surface area contributed by atoms with Crippen LogP contribution in [0.5, 0.6) is 17.2 Å². The van der Waals surface area contributed by atoms with Gasteiger partial charge in [0.15, 0.2) is 0 Å². The predicted molar refractivity (Wildman–Crippen MR) is 113 cm³/mol. The first-order valence-electron chi connectivity index (χ1n) is 7.42. The molecule has 0 spiro atoms. The minimum atomic E-state index is -0.199. The molecule has 0 atom stereocenters. The minimum absolute atomic E-state index is 0.0768. The van der Waals surface area contributed by atoms with Gasteiger partial charge in [0.25, 0.3) is 0 Å². The predicted octanol–water partition coefficient (Wildman–Crippen LogP) is 7.73. The molecule has 0 aromatic heterocycles. The number of halogens is 5. The minimum Gasteiger partial charge on any atom is -0.508 e. The molecule has 0 aliphatic heterocycles. The van der Waals surface area contributed by atoms with Crippen molar-refractivity contribution >= 4 is 58.0 Å². The fourth-order valence-electron chi connectivity index (χ4n) is 2.14. The van der Waals surface area contributed by atoms with Crippen molar-refractivity contribution in [3.63, 3.8) is 0 Å². The molecule has 0 radical (unpaired) electrons. The smallest absolute Gasteiger partial charge is 0.142 e. The Kier molecular flexibility index (Phi) is 7.38. The van der Waals surface area contributed by atoms with Gasteiger partial charge in [0.2, 0.25) is 0 Å². The molecule has 3 N–H and O–H groups in total. The Morgan fingerprint density at radius 3 is 1.44 bits per heavy atom. The molecule has 0 amide bonds. The zero-order valence-corrected chi connectivity index (χ0v) is 17.6. The van der Waals surface area contributed by atoms with Crippen LogP contribution in [0.4, 0.5) is 0 Å². The van der Waals surface area contributed by atoms with Crippen molar-refractivity contribution in [2.75, 3.05) is 0 Å². The van der Waals surface area contributed by atoms with Gasteiger partial charge in [-0.05, 0) is 43.3 Å². The molecule has 0 fully saturated rings. The Balaban J connectivity index is 0.000000244. The van der Waals surface area contributed by atoms with Gasteiger partial charge < -0.3 is 15.3 Å². The van der Waals surface area contributed by atoms with E-state index in [2.05, 4.69) is 0 Å². The molecule has 0 aliphatic rings. The molecule has 8 heteroatoms. The fourth-order valence-corrected chi connectivity index (χ4v) is 3.30. The normalized spacial score (nSPS) is 10.3. The molecule has 3 aromatic rings. The monoisotopic (exact) mass is 464 g/mol. The lowest BCUT2D eigenvalue weighted by molar-refractivity contribution is 0.469. The number of phenols is 3. The van der Waals surface area contributed by atoms with Crippen molar-refractivity contribution in [2.45, 2.75) is 6.92 Å². The highest BCUT2D eigenvalue weighted by molar-refractivity contribution is 6.37. The molecule has 0 saturated heterocycles. The van der Waals surface area contributed by atoms with Crippen LogP contribution in [0.15, 0.2) is 42.5 Å². The van der Waals surface area contributed by atoms with Crippen molar-refractivity contribution < 1.29 is 15.3 Å². The number of hydrogen-bond donors (Lipinski definition) is 3. The van der Waals surface area contributed by atoms with Gasteiger partial charge in [0, 0.05) is 31.8 Å². The Labute approximate surface area is 181 Å². The van der Waals surface area contributed by atoms with Gasteiger partial charge in [-0.25, -0.2) is 0 Å². The van der Waals surface area contributed by atoms with Crippen LogP contribution in [0, 0.1) is 6.92 Å². The first-order valence-corrected chi connectivity index (χ1v) is 9.31. The molecular weight excluding hydrogens is 453 g/mol. The number of rotatable bonds is 1. The highest BCUT2D eigenvalue weighted by Crippen LogP contribution is 2.44. The first-order chi connectivity index (χ1) is 12.6. The Morgan fingerprint density at radius 1 is 0.630 bits per heavy atom. The summed E-state index contributed by atoms with van der Waals surface area (Å²) in [5.41, 5.74) is 1.25. The van der Waals surface area contributed by atoms with E-state index < -0.39 is 0 Å². The number of benzene rings is 3. The zero-order valence-electron chi connectivity index (χ0n) is 13.8. The second-order valence-corrected chi connectivity index (χ2v) is 7.55. The molecule has 0 saturated carbocycles. The first kappa shape index (κ1) is 21.8. The molecule has 3 aromatic carbocycles. The Bertz CT molecular complexity index is 914. The summed E-state index contributed by atoms with van der Waals surface area (Å²) in [6.45, 7) is 1.78. The van der Waals surface area contributed by atoms with Gasteiger partial charge in [-0.15, -0.1) is 0 Å². The molecule has 0 bridgehead atoms. The molecular formula is C19H13Cl5O3. The Morgan fingerprint density at radius 2 is 1.07 bits per heavy atom. The molecule has 0 heterocycles. The topological polar surface area (TPSA) is 60.7 Å². The molecule has 0 aliphatic carbocycles. The van der Waals surface area contributed by atoms with Gasteiger partial charge >= 0.3 is 0 Å². The fraction of sp³-hybridized carbons (Fsp3) is 0.0526. The highest BCUT2D eigenvalue weighted by Gasteiger charge is 2.16. The third kappa shape index (κ3) is 5.28. The summed E-state index contributed by atoms with van der Waals surface area (Å²) in [6, 6.07) is 10.8. The molecule has 3 rings (SSSR count). The lowest BCUT2D eigenvalue weighted by Crippen LogP contribution is -1.84. The maximum absolute atomic E-state index is 9.89. The molecule has 3 nitrogen and oxygen atoms in total. The maximum atomic E-state index is 9.89. The summed E-state index contributed by atoms with van der Waals surface area (Å²) in [4.78, 5) is 0. The summed E-state index contributed by atoms with van der Waals surface area (Å²) in [5.74, 6) is -0.146. The van der Waals surface area contributed by atoms with E-state index in [0.717, 1.165) is 5.56 Å². The van der Waals surface area contributed by atoms with Gasteiger partial charge in [-0.3, -0.25) is 0 Å². The standard InChI is InChI=1S/C12H6Cl4O2.C7H7ClO/c13-5-1-7(11(17)9(15)3-5)8-2-6(14)4-10(16)12(8)18;1-5-6(8)3-2-4-7(5)9/h1-4,17-18H;2-4,9H,1H3. The van der Waals surface area contributed by atoms with E-state index in [-0.39, 0.29) is 38.4 Å². The lowest BCUT2D eigenvalue weighted by Gasteiger charge is -2.10. The van der Waals surface area contributed by atoms with Crippen LogP contribution in [0.1, 0.15) is 5.56 Å². The van der Waals surface area contributed by atoms with Crippen LogP contribution in [-0.4, -0.2) is 15.3 Å². The van der Waals surface area contributed by atoms with Crippen LogP contribution < -0.4 is 0 Å². The van der Waals surface area contributed by atoms with E-state index in [0.29, 0.717) is 15.1 Å². The molecule has 27 heavy (non-hydrogen) atoms. The second-order valence-electron chi connectivity index (χ2n) is 5.45.